The van der Waals surface area contributed by atoms with E-state index in [2.05, 4.69) is 10.5 Å². The molecule has 2 aliphatic heterocycles. The van der Waals surface area contributed by atoms with E-state index in [-0.39, 0.29) is 30.1 Å². The number of hydrogen-bond donors (Lipinski definition) is 1. The van der Waals surface area contributed by atoms with Crippen LogP contribution in [0.5, 0.6) is 5.75 Å². The standard InChI is InChI=1S/C34H33N3O6/c1-3-16-41-22-14-12-21(13-15-22)37-31(39)29-28-23-8-4-6-10-25(23)34(30(29)32(37)40,26-11-7-5-9-24(26)28)20-35-36-27(38)19-33(2)42-17-18-43-33/h4-15,20,28-30H,3,16-19H2,1-2H3,(H,36,38)/b35-20+. The summed E-state index contributed by atoms with van der Waals surface area (Å²) < 4.78 is 16.9. The Morgan fingerprint density at radius 2 is 1.60 bits per heavy atom. The lowest BCUT2D eigenvalue weighted by atomic mass is 9.47. The Kier molecular flexibility index (Phi) is 6.67. The van der Waals surface area contributed by atoms with Crippen molar-refractivity contribution in [3.8, 4) is 5.75 Å². The topological polar surface area (TPSA) is 107 Å². The lowest BCUT2D eigenvalue weighted by Gasteiger charge is -2.52. The first-order valence-electron chi connectivity index (χ1n) is 14.8. The van der Waals surface area contributed by atoms with E-state index in [0.717, 1.165) is 28.7 Å². The number of carbonyl (C=O) groups excluding carboxylic acids is 3. The number of rotatable bonds is 8. The molecule has 2 unspecified atom stereocenters. The fourth-order valence-corrected chi connectivity index (χ4v) is 7.41. The molecule has 9 nitrogen and oxygen atoms in total. The SMILES string of the molecule is CCCOc1ccc(N2C(=O)C3C4c5ccccc5C(/C=N/NC(=O)CC5(C)OCCO5)(c5ccccc54)C3C2=O)cc1. The van der Waals surface area contributed by atoms with Crippen molar-refractivity contribution < 1.29 is 28.6 Å². The van der Waals surface area contributed by atoms with Gasteiger partial charge in [0.2, 0.25) is 17.7 Å². The Labute approximate surface area is 249 Å². The maximum absolute atomic E-state index is 14.5. The number of amides is 3. The molecular formula is C34H33N3O6. The molecule has 43 heavy (non-hydrogen) atoms. The molecule has 1 N–H and O–H groups in total. The van der Waals surface area contributed by atoms with Gasteiger partial charge in [0.15, 0.2) is 5.79 Å². The van der Waals surface area contributed by atoms with E-state index in [4.69, 9.17) is 14.2 Å². The van der Waals surface area contributed by atoms with Gasteiger partial charge in [0.1, 0.15) is 5.75 Å². The second-order valence-corrected chi connectivity index (χ2v) is 11.7. The predicted molar refractivity (Wildman–Crippen MR) is 159 cm³/mol. The predicted octanol–water partition coefficient (Wildman–Crippen LogP) is 4.28. The largest absolute Gasteiger partial charge is 0.494 e. The summed E-state index contributed by atoms with van der Waals surface area (Å²) in [7, 11) is 0. The maximum atomic E-state index is 14.5. The molecule has 2 heterocycles. The van der Waals surface area contributed by atoms with Crippen molar-refractivity contribution in [1.82, 2.24) is 5.43 Å². The second kappa shape index (κ2) is 10.4. The van der Waals surface area contributed by atoms with Gasteiger partial charge in [0, 0.05) is 12.1 Å². The monoisotopic (exact) mass is 579 g/mol. The first-order valence-corrected chi connectivity index (χ1v) is 14.8. The first-order chi connectivity index (χ1) is 20.9. The summed E-state index contributed by atoms with van der Waals surface area (Å²) in [6.45, 7) is 5.19. The lowest BCUT2D eigenvalue weighted by molar-refractivity contribution is -0.159. The van der Waals surface area contributed by atoms with Crippen molar-refractivity contribution in [2.45, 2.75) is 43.8 Å². The van der Waals surface area contributed by atoms with Crippen LogP contribution in [0, 0.1) is 11.8 Å². The molecule has 0 saturated carbocycles. The molecule has 3 aliphatic carbocycles. The molecular weight excluding hydrogens is 546 g/mol. The molecule has 8 rings (SSSR count). The van der Waals surface area contributed by atoms with E-state index in [1.807, 2.05) is 55.5 Å². The van der Waals surface area contributed by atoms with Crippen LogP contribution in [0.3, 0.4) is 0 Å². The Morgan fingerprint density at radius 1 is 0.977 bits per heavy atom. The molecule has 5 aliphatic rings. The van der Waals surface area contributed by atoms with Crippen LogP contribution in [0.1, 0.15) is 54.9 Å². The number of benzene rings is 3. The third-order valence-corrected chi connectivity index (χ3v) is 9.09. The van der Waals surface area contributed by atoms with Crippen molar-refractivity contribution in [3.63, 3.8) is 0 Å². The highest BCUT2D eigenvalue weighted by Gasteiger charge is 2.68. The van der Waals surface area contributed by atoms with Crippen LogP contribution in [0.2, 0.25) is 0 Å². The summed E-state index contributed by atoms with van der Waals surface area (Å²) in [5.74, 6) is -2.88. The van der Waals surface area contributed by atoms with E-state index in [9.17, 15) is 14.4 Å². The molecule has 0 radical (unpaired) electrons. The second-order valence-electron chi connectivity index (χ2n) is 11.7. The van der Waals surface area contributed by atoms with Crippen molar-refractivity contribution in [2.75, 3.05) is 24.7 Å². The van der Waals surface area contributed by atoms with Gasteiger partial charge in [0.05, 0.1) is 49.2 Å². The van der Waals surface area contributed by atoms with Gasteiger partial charge in [-0.2, -0.15) is 5.10 Å². The van der Waals surface area contributed by atoms with Crippen LogP contribution in [0.15, 0.2) is 77.9 Å². The quantitative estimate of drug-likeness (QED) is 0.243. The number of imide groups is 1. The minimum absolute atomic E-state index is 0.0260. The average molecular weight is 580 g/mol. The van der Waals surface area contributed by atoms with Gasteiger partial charge in [-0.1, -0.05) is 55.5 Å². The van der Waals surface area contributed by atoms with Gasteiger partial charge in [-0.15, -0.1) is 0 Å². The molecule has 2 bridgehead atoms. The molecule has 2 atom stereocenters. The fourth-order valence-electron chi connectivity index (χ4n) is 7.41. The molecule has 2 saturated heterocycles. The smallest absolute Gasteiger partial charge is 0.245 e. The van der Waals surface area contributed by atoms with Gasteiger partial charge in [-0.05, 0) is 59.9 Å². The molecule has 0 aromatic heterocycles. The average Bonchev–Trinajstić information content (AvgIpc) is 3.56. The normalized spacial score (nSPS) is 26.4. The highest BCUT2D eigenvalue weighted by atomic mass is 16.7. The van der Waals surface area contributed by atoms with Crippen LogP contribution in [-0.2, 0) is 29.3 Å². The van der Waals surface area contributed by atoms with Crippen molar-refractivity contribution in [3.05, 3.63) is 95.1 Å². The molecule has 3 aromatic carbocycles. The number of anilines is 1. The number of carbonyl (C=O) groups is 3. The number of hydrazone groups is 1. The zero-order chi connectivity index (χ0) is 29.8. The summed E-state index contributed by atoms with van der Waals surface area (Å²) in [4.78, 5) is 43.0. The summed E-state index contributed by atoms with van der Waals surface area (Å²) >= 11 is 0. The summed E-state index contributed by atoms with van der Waals surface area (Å²) in [5, 5.41) is 4.46. The van der Waals surface area contributed by atoms with E-state index in [1.165, 1.54) is 4.90 Å². The Hall–Kier alpha value is -4.34. The minimum Gasteiger partial charge on any atom is -0.494 e. The zero-order valence-electron chi connectivity index (χ0n) is 24.1. The van der Waals surface area contributed by atoms with Crippen LogP contribution in [0.25, 0.3) is 0 Å². The van der Waals surface area contributed by atoms with Crippen LogP contribution in [0.4, 0.5) is 5.69 Å². The molecule has 3 amide bonds. The fraction of sp³-hybridized carbons (Fsp3) is 0.353. The maximum Gasteiger partial charge on any atom is 0.245 e. The molecule has 0 spiro atoms. The number of hydrogen-bond acceptors (Lipinski definition) is 7. The Bertz CT molecular complexity index is 1580. The third-order valence-electron chi connectivity index (χ3n) is 9.09. The summed E-state index contributed by atoms with van der Waals surface area (Å²) in [6.07, 6.45) is 2.51. The Morgan fingerprint density at radius 3 is 2.23 bits per heavy atom. The van der Waals surface area contributed by atoms with E-state index < -0.39 is 23.0 Å². The van der Waals surface area contributed by atoms with Gasteiger partial charge < -0.3 is 14.2 Å². The molecule has 220 valence electrons. The third kappa shape index (κ3) is 4.21. The molecule has 9 heteroatoms. The highest BCUT2D eigenvalue weighted by Crippen LogP contribution is 2.63. The molecule has 3 aromatic rings. The Balaban J connectivity index is 1.31. The van der Waals surface area contributed by atoms with Crippen molar-refractivity contribution >= 4 is 29.6 Å². The lowest BCUT2D eigenvalue weighted by Crippen LogP contribution is -2.54. The van der Waals surface area contributed by atoms with E-state index >= 15 is 0 Å². The summed E-state index contributed by atoms with van der Waals surface area (Å²) in [6, 6.07) is 23.0. The van der Waals surface area contributed by atoms with Gasteiger partial charge in [-0.25, -0.2) is 10.3 Å². The van der Waals surface area contributed by atoms with Crippen LogP contribution >= 0.6 is 0 Å². The first kappa shape index (κ1) is 27.5. The van der Waals surface area contributed by atoms with E-state index in [0.29, 0.717) is 31.3 Å². The number of ether oxygens (including phenoxy) is 3. The number of nitrogens with one attached hydrogen (secondary N) is 1. The van der Waals surface area contributed by atoms with Crippen molar-refractivity contribution in [2.24, 2.45) is 16.9 Å². The zero-order valence-corrected chi connectivity index (χ0v) is 24.1. The highest BCUT2D eigenvalue weighted by molar-refractivity contribution is 6.25. The van der Waals surface area contributed by atoms with Gasteiger partial charge in [0.25, 0.3) is 0 Å². The van der Waals surface area contributed by atoms with Crippen molar-refractivity contribution in [1.29, 1.82) is 0 Å². The summed E-state index contributed by atoms with van der Waals surface area (Å²) in [5.41, 5.74) is 5.89. The number of nitrogens with zero attached hydrogens (tertiary/aromatic N) is 2. The van der Waals surface area contributed by atoms with Gasteiger partial charge in [-0.3, -0.25) is 14.4 Å². The minimum atomic E-state index is -1.07. The van der Waals surface area contributed by atoms with Crippen LogP contribution < -0.4 is 15.1 Å². The van der Waals surface area contributed by atoms with E-state index in [1.54, 1.807) is 37.4 Å². The van der Waals surface area contributed by atoms with Gasteiger partial charge >= 0.3 is 0 Å². The van der Waals surface area contributed by atoms with Crippen LogP contribution in [-0.4, -0.2) is 49.5 Å². The molecule has 2 fully saturated rings.